The Balaban J connectivity index is 2.17. The van der Waals surface area contributed by atoms with E-state index in [1.807, 2.05) is 6.92 Å². The molecule has 0 bridgehead atoms. The van der Waals surface area contributed by atoms with E-state index in [9.17, 15) is 9.18 Å². The lowest BCUT2D eigenvalue weighted by molar-refractivity contribution is 0.0728. The van der Waals surface area contributed by atoms with Crippen molar-refractivity contribution in [3.63, 3.8) is 0 Å². The first-order valence-electron chi connectivity index (χ1n) is 6.94. The van der Waals surface area contributed by atoms with Crippen LogP contribution < -0.4 is 4.74 Å². The zero-order chi connectivity index (χ0) is 15.4. The number of benzene rings is 1. The van der Waals surface area contributed by atoms with Crippen molar-refractivity contribution in [3.8, 4) is 5.75 Å². The number of ether oxygens (including phenoxy) is 1. The quantitative estimate of drug-likeness (QED) is 0.688. The molecular weight excluding hydrogens is 275 g/mol. The smallest absolute Gasteiger partial charge is 0.254 e. The topological polar surface area (TPSA) is 62.1 Å². The Morgan fingerprint density at radius 3 is 2.95 bits per heavy atom. The fraction of sp³-hybridized carbons (Fsp3) is 0.467. The molecule has 1 atom stereocenters. The third-order valence-electron chi connectivity index (χ3n) is 3.86. The van der Waals surface area contributed by atoms with Crippen LogP contribution in [0.15, 0.2) is 23.4 Å². The van der Waals surface area contributed by atoms with Gasteiger partial charge in [0.25, 0.3) is 5.91 Å². The summed E-state index contributed by atoms with van der Waals surface area (Å²) in [7, 11) is 1.37. The monoisotopic (exact) mass is 294 g/mol. The zero-order valence-electron chi connectivity index (χ0n) is 12.2. The summed E-state index contributed by atoms with van der Waals surface area (Å²) < 4.78 is 18.3. The number of carbonyl (C=O) groups is 1. The van der Waals surface area contributed by atoms with E-state index in [0.29, 0.717) is 25.1 Å². The molecule has 0 saturated carbocycles. The van der Waals surface area contributed by atoms with Crippen molar-refractivity contribution in [2.24, 2.45) is 11.1 Å². The molecule has 1 fully saturated rings. The van der Waals surface area contributed by atoms with Crippen LogP contribution in [0.1, 0.15) is 30.1 Å². The van der Waals surface area contributed by atoms with Crippen molar-refractivity contribution in [3.05, 3.63) is 29.6 Å². The largest absolute Gasteiger partial charge is 0.494 e. The maximum Gasteiger partial charge on any atom is 0.254 e. The normalized spacial score (nSPS) is 20.6. The number of hydrogen-bond donors (Lipinski definition) is 1. The second kappa shape index (κ2) is 6.56. The third kappa shape index (κ3) is 3.15. The predicted molar refractivity (Wildman–Crippen MR) is 76.5 cm³/mol. The van der Waals surface area contributed by atoms with Crippen molar-refractivity contribution in [1.29, 1.82) is 0 Å². The van der Waals surface area contributed by atoms with Crippen molar-refractivity contribution in [1.82, 2.24) is 4.90 Å². The predicted octanol–water partition coefficient (Wildman–Crippen LogP) is 2.54. The van der Waals surface area contributed by atoms with E-state index >= 15 is 0 Å². The van der Waals surface area contributed by atoms with Crippen LogP contribution >= 0.6 is 0 Å². The molecule has 5 nitrogen and oxygen atoms in total. The molecular formula is C15H19FN2O3. The van der Waals surface area contributed by atoms with Gasteiger partial charge in [-0.3, -0.25) is 4.79 Å². The summed E-state index contributed by atoms with van der Waals surface area (Å²) in [6.07, 6.45) is 1.36. The molecule has 0 aliphatic carbocycles. The average Bonchev–Trinajstić information content (AvgIpc) is 2.53. The summed E-state index contributed by atoms with van der Waals surface area (Å²) in [5, 5.41) is 12.3. The molecule has 0 spiro atoms. The van der Waals surface area contributed by atoms with Gasteiger partial charge in [0.05, 0.1) is 12.8 Å². The number of rotatable bonds is 3. The lowest BCUT2D eigenvalue weighted by Gasteiger charge is -2.33. The van der Waals surface area contributed by atoms with Gasteiger partial charge in [-0.15, -0.1) is 0 Å². The van der Waals surface area contributed by atoms with Gasteiger partial charge in [0.1, 0.15) is 0 Å². The van der Waals surface area contributed by atoms with Crippen LogP contribution in [0.2, 0.25) is 0 Å². The van der Waals surface area contributed by atoms with Gasteiger partial charge in [-0.05, 0) is 24.6 Å². The Morgan fingerprint density at radius 1 is 1.57 bits per heavy atom. The number of methoxy groups -OCH3 is 1. The third-order valence-corrected chi connectivity index (χ3v) is 3.86. The van der Waals surface area contributed by atoms with E-state index in [-0.39, 0.29) is 17.6 Å². The lowest BCUT2D eigenvalue weighted by Crippen LogP contribution is -2.44. The summed E-state index contributed by atoms with van der Waals surface area (Å²) in [6, 6.07) is 4.10. The summed E-state index contributed by atoms with van der Waals surface area (Å²) in [6.45, 7) is 2.99. The molecule has 1 heterocycles. The summed E-state index contributed by atoms with van der Waals surface area (Å²) in [5.74, 6) is -0.532. The minimum Gasteiger partial charge on any atom is -0.494 e. The van der Waals surface area contributed by atoms with Crippen molar-refractivity contribution >= 4 is 11.6 Å². The van der Waals surface area contributed by atoms with Gasteiger partial charge in [0.15, 0.2) is 11.6 Å². The second-order valence-electron chi connectivity index (χ2n) is 5.05. The van der Waals surface area contributed by atoms with Crippen LogP contribution in [0.3, 0.4) is 0 Å². The summed E-state index contributed by atoms with van der Waals surface area (Å²) in [4.78, 5) is 14.2. The molecule has 1 aliphatic heterocycles. The standard InChI is InChI=1S/C15H19FN2O3/c1-3-10-9-18(7-6-13(10)17-20)15(19)11-4-5-12(16)14(8-11)21-2/h4-5,8,10,20H,3,6-7,9H2,1-2H3/b17-13+. The Morgan fingerprint density at radius 2 is 2.33 bits per heavy atom. The Kier molecular flexibility index (Phi) is 4.77. The molecule has 0 radical (unpaired) electrons. The van der Waals surface area contributed by atoms with Crippen LogP contribution in [0.4, 0.5) is 4.39 Å². The highest BCUT2D eigenvalue weighted by atomic mass is 19.1. The van der Waals surface area contributed by atoms with Crippen LogP contribution in [-0.2, 0) is 0 Å². The molecule has 21 heavy (non-hydrogen) atoms. The first-order chi connectivity index (χ1) is 10.1. The van der Waals surface area contributed by atoms with E-state index in [2.05, 4.69) is 5.16 Å². The molecule has 1 unspecified atom stereocenters. The van der Waals surface area contributed by atoms with E-state index in [1.54, 1.807) is 4.90 Å². The van der Waals surface area contributed by atoms with Crippen LogP contribution in [-0.4, -0.2) is 41.9 Å². The number of amides is 1. The van der Waals surface area contributed by atoms with Gasteiger partial charge in [-0.1, -0.05) is 12.1 Å². The molecule has 1 N–H and O–H groups in total. The maximum atomic E-state index is 13.4. The summed E-state index contributed by atoms with van der Waals surface area (Å²) >= 11 is 0. The number of carbonyl (C=O) groups excluding carboxylic acids is 1. The van der Waals surface area contributed by atoms with Gasteiger partial charge in [-0.2, -0.15) is 0 Å². The number of hydrogen-bond acceptors (Lipinski definition) is 4. The number of nitrogens with zero attached hydrogens (tertiary/aromatic N) is 2. The zero-order valence-corrected chi connectivity index (χ0v) is 12.2. The highest BCUT2D eigenvalue weighted by Gasteiger charge is 2.28. The molecule has 114 valence electrons. The maximum absolute atomic E-state index is 13.4. The minimum absolute atomic E-state index is 0.0579. The van der Waals surface area contributed by atoms with Crippen molar-refractivity contribution in [2.75, 3.05) is 20.2 Å². The van der Waals surface area contributed by atoms with E-state index in [4.69, 9.17) is 9.94 Å². The van der Waals surface area contributed by atoms with Gasteiger partial charge < -0.3 is 14.8 Å². The fourth-order valence-corrected chi connectivity index (χ4v) is 2.57. The Bertz CT molecular complexity index is 560. The molecule has 2 rings (SSSR count). The highest BCUT2D eigenvalue weighted by Crippen LogP contribution is 2.22. The molecule has 1 saturated heterocycles. The van der Waals surface area contributed by atoms with Gasteiger partial charge in [-0.25, -0.2) is 4.39 Å². The van der Waals surface area contributed by atoms with E-state index < -0.39 is 5.82 Å². The SMILES string of the molecule is CCC1CN(C(=O)c2ccc(F)c(OC)c2)CC/C1=N\O. The molecule has 0 aromatic heterocycles. The molecule has 6 heteroatoms. The van der Waals surface area contributed by atoms with Crippen LogP contribution in [0.5, 0.6) is 5.75 Å². The van der Waals surface area contributed by atoms with E-state index in [1.165, 1.54) is 25.3 Å². The first kappa shape index (κ1) is 15.3. The summed E-state index contributed by atoms with van der Waals surface area (Å²) in [5.41, 5.74) is 1.13. The number of likely N-dealkylation sites (tertiary alicyclic amines) is 1. The molecule has 1 aliphatic rings. The molecule has 1 aromatic rings. The number of piperidine rings is 1. The lowest BCUT2D eigenvalue weighted by atomic mass is 9.93. The van der Waals surface area contributed by atoms with Crippen LogP contribution in [0.25, 0.3) is 0 Å². The molecule has 1 amide bonds. The van der Waals surface area contributed by atoms with E-state index in [0.717, 1.165) is 12.1 Å². The minimum atomic E-state index is -0.492. The Hall–Kier alpha value is -2.11. The van der Waals surface area contributed by atoms with Gasteiger partial charge in [0, 0.05) is 31.0 Å². The second-order valence-corrected chi connectivity index (χ2v) is 5.05. The Labute approximate surface area is 123 Å². The van der Waals surface area contributed by atoms with Crippen LogP contribution in [0, 0.1) is 11.7 Å². The first-order valence-corrected chi connectivity index (χ1v) is 6.94. The number of oxime groups is 1. The van der Waals surface area contributed by atoms with Crippen molar-refractivity contribution in [2.45, 2.75) is 19.8 Å². The van der Waals surface area contributed by atoms with Gasteiger partial charge >= 0.3 is 0 Å². The number of halogens is 1. The highest BCUT2D eigenvalue weighted by molar-refractivity contribution is 5.96. The van der Waals surface area contributed by atoms with Crippen molar-refractivity contribution < 1.29 is 19.1 Å². The van der Waals surface area contributed by atoms with Gasteiger partial charge in [0.2, 0.25) is 0 Å². The fourth-order valence-electron chi connectivity index (χ4n) is 2.57. The average molecular weight is 294 g/mol. The molecule has 1 aromatic carbocycles.